The Labute approximate surface area is 134 Å². The third-order valence-electron chi connectivity index (χ3n) is 2.73. The van der Waals surface area contributed by atoms with Crippen molar-refractivity contribution in [1.82, 2.24) is 4.90 Å². The first-order valence-corrected chi connectivity index (χ1v) is 7.58. The van der Waals surface area contributed by atoms with E-state index < -0.39 is 0 Å². The highest BCUT2D eigenvalue weighted by Gasteiger charge is 2.30. The van der Waals surface area contributed by atoms with Crippen LogP contribution in [0.2, 0.25) is 0 Å². The van der Waals surface area contributed by atoms with Crippen LogP contribution in [0, 0.1) is 0 Å². The predicted molar refractivity (Wildman–Crippen MR) is 92.2 cm³/mol. The van der Waals surface area contributed by atoms with Gasteiger partial charge in [0.2, 0.25) is 0 Å². The van der Waals surface area contributed by atoms with Gasteiger partial charge in [-0.1, -0.05) is 54.8 Å². The van der Waals surface area contributed by atoms with Gasteiger partial charge in [0.1, 0.15) is 16.7 Å². The molecule has 0 N–H and O–H groups in total. The van der Waals surface area contributed by atoms with Gasteiger partial charge in [-0.15, -0.1) is 6.58 Å². The predicted octanol–water partition coefficient (Wildman–Crippen LogP) is 3.64. The summed E-state index contributed by atoms with van der Waals surface area (Å²) in [5.41, 5.74) is 0.931. The van der Waals surface area contributed by atoms with E-state index in [1.807, 2.05) is 30.3 Å². The number of carbonyl (C=O) groups is 1. The maximum absolute atomic E-state index is 12.2. The molecule has 0 bridgehead atoms. The van der Waals surface area contributed by atoms with E-state index in [1.54, 1.807) is 17.1 Å². The Balaban J connectivity index is 2.13. The van der Waals surface area contributed by atoms with Crippen LogP contribution < -0.4 is 4.74 Å². The van der Waals surface area contributed by atoms with Crippen LogP contribution in [-0.2, 0) is 4.79 Å². The van der Waals surface area contributed by atoms with Crippen molar-refractivity contribution < 1.29 is 9.53 Å². The Morgan fingerprint density at radius 1 is 1.24 bits per heavy atom. The fourth-order valence-corrected chi connectivity index (χ4v) is 3.03. The van der Waals surface area contributed by atoms with Gasteiger partial charge in [0.25, 0.3) is 5.91 Å². The van der Waals surface area contributed by atoms with Gasteiger partial charge < -0.3 is 4.74 Å². The number of carbonyl (C=O) groups excluding carboxylic acids is 1. The normalized spacial score (nSPS) is 16.4. The fourth-order valence-electron chi connectivity index (χ4n) is 1.75. The van der Waals surface area contributed by atoms with Crippen LogP contribution in [0.3, 0.4) is 0 Å². The minimum absolute atomic E-state index is 0.0723. The molecule has 0 spiro atoms. The van der Waals surface area contributed by atoms with Crippen LogP contribution in [0.1, 0.15) is 5.56 Å². The lowest BCUT2D eigenvalue weighted by Gasteiger charge is -2.10. The lowest BCUT2D eigenvalue weighted by molar-refractivity contribution is -0.121. The molecule has 0 unspecified atom stereocenters. The van der Waals surface area contributed by atoms with E-state index in [0.29, 0.717) is 22.4 Å². The zero-order chi connectivity index (χ0) is 15.2. The number of hydrogen-bond donors (Lipinski definition) is 0. The quantitative estimate of drug-likeness (QED) is 0.455. The highest BCUT2D eigenvalue weighted by atomic mass is 32.2. The van der Waals surface area contributed by atoms with Crippen molar-refractivity contribution in [2.45, 2.75) is 0 Å². The summed E-state index contributed by atoms with van der Waals surface area (Å²) in [6.45, 7) is 8.15. The molecule has 0 atom stereocenters. The first kappa shape index (κ1) is 15.5. The van der Waals surface area contributed by atoms with Crippen molar-refractivity contribution in [2.24, 2.45) is 0 Å². The average Bonchev–Trinajstić information content (AvgIpc) is 2.75. The van der Waals surface area contributed by atoms with Crippen LogP contribution >= 0.6 is 24.0 Å². The summed E-state index contributed by atoms with van der Waals surface area (Å²) in [6, 6.07) is 7.52. The zero-order valence-electron chi connectivity index (χ0n) is 11.5. The first-order valence-electron chi connectivity index (χ1n) is 6.35. The van der Waals surface area contributed by atoms with Crippen LogP contribution in [0.4, 0.5) is 0 Å². The number of thioether (sulfide) groups is 1. The topological polar surface area (TPSA) is 29.5 Å². The fraction of sp³-hybridized carbons (Fsp3) is 0.125. The Morgan fingerprint density at radius 2 is 1.95 bits per heavy atom. The maximum atomic E-state index is 12.2. The van der Waals surface area contributed by atoms with E-state index >= 15 is 0 Å². The third-order valence-corrected chi connectivity index (χ3v) is 4.11. The van der Waals surface area contributed by atoms with Gasteiger partial charge in [0.15, 0.2) is 0 Å². The molecule has 0 saturated carbocycles. The largest absolute Gasteiger partial charge is 0.490 e. The van der Waals surface area contributed by atoms with E-state index in [9.17, 15) is 4.79 Å². The standard InChI is InChI=1S/C16H15NO2S2/c1-3-9-17-15(18)14(21-16(17)20)11-12-5-7-13(8-6-12)19-10-4-2/h3-8,11H,1-2,9-10H2/b14-11+. The monoisotopic (exact) mass is 317 g/mol. The number of rotatable bonds is 6. The van der Waals surface area contributed by atoms with Crippen molar-refractivity contribution in [1.29, 1.82) is 0 Å². The average molecular weight is 317 g/mol. The Hall–Kier alpha value is -1.85. The summed E-state index contributed by atoms with van der Waals surface area (Å²) >= 11 is 6.51. The van der Waals surface area contributed by atoms with E-state index in [-0.39, 0.29) is 5.91 Å². The van der Waals surface area contributed by atoms with Gasteiger partial charge in [-0.2, -0.15) is 0 Å². The SMILES string of the molecule is C=CCOc1ccc(/C=C2/SC(=S)N(CC=C)C2=O)cc1. The van der Waals surface area contributed by atoms with Crippen molar-refractivity contribution in [2.75, 3.05) is 13.2 Å². The maximum Gasteiger partial charge on any atom is 0.266 e. The molecule has 2 rings (SSSR count). The molecule has 1 amide bonds. The summed E-state index contributed by atoms with van der Waals surface area (Å²) < 4.78 is 5.98. The van der Waals surface area contributed by atoms with Crippen LogP contribution in [0.25, 0.3) is 6.08 Å². The summed E-state index contributed by atoms with van der Waals surface area (Å²) in [6.07, 6.45) is 5.19. The first-order chi connectivity index (χ1) is 10.2. The second kappa shape index (κ2) is 7.24. The van der Waals surface area contributed by atoms with Crippen LogP contribution in [0.5, 0.6) is 5.75 Å². The molecular weight excluding hydrogens is 302 g/mol. The highest BCUT2D eigenvalue weighted by molar-refractivity contribution is 8.26. The molecule has 1 aliphatic rings. The van der Waals surface area contributed by atoms with Crippen molar-refractivity contribution in [3.63, 3.8) is 0 Å². The van der Waals surface area contributed by atoms with Gasteiger partial charge >= 0.3 is 0 Å². The lowest BCUT2D eigenvalue weighted by atomic mass is 10.2. The molecule has 21 heavy (non-hydrogen) atoms. The molecule has 1 aliphatic heterocycles. The molecule has 5 heteroatoms. The highest BCUT2D eigenvalue weighted by Crippen LogP contribution is 2.32. The van der Waals surface area contributed by atoms with E-state index in [1.165, 1.54) is 11.8 Å². The molecule has 0 aromatic heterocycles. The minimum atomic E-state index is -0.0723. The number of benzene rings is 1. The summed E-state index contributed by atoms with van der Waals surface area (Å²) in [5, 5.41) is 0. The summed E-state index contributed by atoms with van der Waals surface area (Å²) in [4.78, 5) is 14.4. The number of hydrogen-bond acceptors (Lipinski definition) is 4. The molecule has 0 radical (unpaired) electrons. The van der Waals surface area contributed by atoms with Crippen LogP contribution in [0.15, 0.2) is 54.5 Å². The minimum Gasteiger partial charge on any atom is -0.490 e. The smallest absolute Gasteiger partial charge is 0.266 e. The Bertz CT molecular complexity index is 605. The number of amides is 1. The summed E-state index contributed by atoms with van der Waals surface area (Å²) in [5.74, 6) is 0.697. The van der Waals surface area contributed by atoms with Crippen LogP contribution in [-0.4, -0.2) is 28.3 Å². The zero-order valence-corrected chi connectivity index (χ0v) is 13.1. The molecule has 1 aromatic carbocycles. The molecule has 1 fully saturated rings. The van der Waals surface area contributed by atoms with E-state index in [0.717, 1.165) is 11.3 Å². The third kappa shape index (κ3) is 3.83. The van der Waals surface area contributed by atoms with Crippen molar-refractivity contribution in [3.05, 3.63) is 60.0 Å². The molecule has 1 heterocycles. The Kier molecular flexibility index (Phi) is 5.36. The van der Waals surface area contributed by atoms with Gasteiger partial charge in [-0.05, 0) is 23.8 Å². The lowest BCUT2D eigenvalue weighted by Crippen LogP contribution is -2.27. The number of thiocarbonyl (C=S) groups is 1. The van der Waals surface area contributed by atoms with Gasteiger partial charge in [0, 0.05) is 6.54 Å². The molecule has 1 saturated heterocycles. The second-order valence-corrected chi connectivity index (χ2v) is 5.93. The molecule has 1 aromatic rings. The van der Waals surface area contributed by atoms with Gasteiger partial charge in [-0.3, -0.25) is 9.69 Å². The molecule has 108 valence electrons. The van der Waals surface area contributed by atoms with E-state index in [4.69, 9.17) is 17.0 Å². The summed E-state index contributed by atoms with van der Waals surface area (Å²) in [7, 11) is 0. The van der Waals surface area contributed by atoms with E-state index in [2.05, 4.69) is 13.2 Å². The number of ether oxygens (including phenoxy) is 1. The Morgan fingerprint density at radius 3 is 2.57 bits per heavy atom. The van der Waals surface area contributed by atoms with Crippen molar-refractivity contribution >= 4 is 40.3 Å². The van der Waals surface area contributed by atoms with Crippen molar-refractivity contribution in [3.8, 4) is 5.75 Å². The molecule has 3 nitrogen and oxygen atoms in total. The molecular formula is C16H15NO2S2. The second-order valence-electron chi connectivity index (χ2n) is 4.25. The number of nitrogens with zero attached hydrogens (tertiary/aromatic N) is 1. The molecule has 0 aliphatic carbocycles. The van der Waals surface area contributed by atoms with Gasteiger partial charge in [0.05, 0.1) is 4.91 Å². The van der Waals surface area contributed by atoms with Gasteiger partial charge in [-0.25, -0.2) is 0 Å².